The van der Waals surface area contributed by atoms with Gasteiger partial charge in [-0.3, -0.25) is 0 Å². The van der Waals surface area contributed by atoms with Crippen molar-refractivity contribution in [3.05, 3.63) is 193 Å². The van der Waals surface area contributed by atoms with Crippen LogP contribution >= 0.6 is 0 Å². The summed E-state index contributed by atoms with van der Waals surface area (Å²) in [7, 11) is 0. The number of benzene rings is 7. The third-order valence-corrected chi connectivity index (χ3v) is 10.3. The van der Waals surface area contributed by atoms with Gasteiger partial charge in [-0.2, -0.15) is 0 Å². The fourth-order valence-electron chi connectivity index (χ4n) is 7.64. The van der Waals surface area contributed by atoms with Gasteiger partial charge >= 0.3 is 0 Å². The molecule has 1 aliphatic rings. The van der Waals surface area contributed by atoms with Crippen LogP contribution < -0.4 is 0 Å². The molecular weight excluding hydrogens is 617 g/mol. The lowest BCUT2D eigenvalue weighted by molar-refractivity contribution is 0.660. The minimum atomic E-state index is -0.0196. The molecule has 51 heavy (non-hydrogen) atoms. The van der Waals surface area contributed by atoms with Gasteiger partial charge < -0.3 is 0 Å². The maximum Gasteiger partial charge on any atom is 0.160 e. The lowest BCUT2D eigenvalue weighted by Gasteiger charge is -2.21. The second-order valence-electron chi connectivity index (χ2n) is 13.8. The van der Waals surface area contributed by atoms with Crippen LogP contribution in [0.2, 0.25) is 0 Å². The summed E-state index contributed by atoms with van der Waals surface area (Å²) in [4.78, 5) is 10.2. The largest absolute Gasteiger partial charge is 0.228 e. The van der Waals surface area contributed by atoms with Crippen LogP contribution in [0.5, 0.6) is 0 Å². The first kappa shape index (κ1) is 30.7. The number of nitrogens with zero attached hydrogens (tertiary/aromatic N) is 2. The fourth-order valence-corrected chi connectivity index (χ4v) is 7.64. The first-order valence-corrected chi connectivity index (χ1v) is 17.6. The maximum absolute atomic E-state index is 5.12. The molecule has 0 amide bonds. The Morgan fingerprint density at radius 1 is 0.333 bits per heavy atom. The fraction of sp³-hybridized carbons (Fsp3) is 0.0612. The van der Waals surface area contributed by atoms with E-state index in [9.17, 15) is 0 Å². The highest BCUT2D eigenvalue weighted by molar-refractivity contribution is 5.93. The molecule has 0 saturated heterocycles. The van der Waals surface area contributed by atoms with Crippen LogP contribution in [0.25, 0.3) is 78.4 Å². The second kappa shape index (κ2) is 12.5. The van der Waals surface area contributed by atoms with E-state index in [1.165, 1.54) is 44.5 Å². The molecule has 9 rings (SSSR count). The summed E-state index contributed by atoms with van der Waals surface area (Å²) in [5, 5.41) is 0. The molecule has 1 aliphatic carbocycles. The molecule has 0 unspecified atom stereocenters. The van der Waals surface area contributed by atoms with E-state index in [2.05, 4.69) is 172 Å². The molecule has 2 heteroatoms. The van der Waals surface area contributed by atoms with Crippen LogP contribution in [0, 0.1) is 0 Å². The van der Waals surface area contributed by atoms with Gasteiger partial charge in [-0.15, -0.1) is 0 Å². The topological polar surface area (TPSA) is 25.8 Å². The highest BCUT2D eigenvalue weighted by Crippen LogP contribution is 2.52. The molecule has 1 aromatic heterocycles. The zero-order valence-electron chi connectivity index (χ0n) is 28.7. The number of rotatable bonds is 6. The van der Waals surface area contributed by atoms with Crippen LogP contribution in [0.4, 0.5) is 0 Å². The van der Waals surface area contributed by atoms with Crippen molar-refractivity contribution in [3.63, 3.8) is 0 Å². The summed E-state index contributed by atoms with van der Waals surface area (Å²) in [5.41, 5.74) is 17.5. The van der Waals surface area contributed by atoms with Crippen molar-refractivity contribution in [1.29, 1.82) is 0 Å². The van der Waals surface area contributed by atoms with E-state index >= 15 is 0 Å². The Morgan fingerprint density at radius 3 is 1.43 bits per heavy atom. The minimum absolute atomic E-state index is 0.0196. The summed E-state index contributed by atoms with van der Waals surface area (Å²) < 4.78 is 0. The van der Waals surface area contributed by atoms with Crippen molar-refractivity contribution in [2.45, 2.75) is 19.3 Å². The molecule has 1 heterocycles. The highest BCUT2D eigenvalue weighted by Gasteiger charge is 2.36. The quantitative estimate of drug-likeness (QED) is 0.179. The van der Waals surface area contributed by atoms with E-state index < -0.39 is 0 Å². The summed E-state index contributed by atoms with van der Waals surface area (Å²) in [6, 6.07) is 64.8. The third kappa shape index (κ3) is 5.56. The normalized spacial score (nSPS) is 12.7. The Kier molecular flexibility index (Phi) is 7.51. The van der Waals surface area contributed by atoms with Gasteiger partial charge in [-0.25, -0.2) is 9.97 Å². The number of hydrogen-bond acceptors (Lipinski definition) is 2. The smallest absolute Gasteiger partial charge is 0.160 e. The molecule has 0 spiro atoms. The maximum atomic E-state index is 5.12. The average molecular weight is 653 g/mol. The molecule has 0 aliphatic heterocycles. The third-order valence-electron chi connectivity index (χ3n) is 10.3. The molecule has 8 aromatic rings. The van der Waals surface area contributed by atoms with Gasteiger partial charge in [-0.1, -0.05) is 178 Å². The summed E-state index contributed by atoms with van der Waals surface area (Å²) in [6.45, 7) is 4.67. The van der Waals surface area contributed by atoms with Crippen molar-refractivity contribution >= 4 is 0 Å². The lowest BCUT2D eigenvalue weighted by Crippen LogP contribution is -2.14. The lowest BCUT2D eigenvalue weighted by atomic mass is 9.82. The Balaban J connectivity index is 1.09. The van der Waals surface area contributed by atoms with Crippen LogP contribution in [0.1, 0.15) is 25.0 Å². The van der Waals surface area contributed by atoms with Gasteiger partial charge in [0.15, 0.2) is 5.82 Å². The van der Waals surface area contributed by atoms with Crippen LogP contribution in [-0.4, -0.2) is 9.97 Å². The molecular formula is C49H36N2. The van der Waals surface area contributed by atoms with Crippen molar-refractivity contribution in [2.24, 2.45) is 0 Å². The first-order valence-electron chi connectivity index (χ1n) is 17.6. The van der Waals surface area contributed by atoms with Crippen molar-refractivity contribution in [2.75, 3.05) is 0 Å². The first-order chi connectivity index (χ1) is 25.0. The van der Waals surface area contributed by atoms with Gasteiger partial charge in [-0.05, 0) is 73.8 Å². The Labute approximate surface area is 299 Å². The molecule has 7 aromatic carbocycles. The Bertz CT molecular complexity index is 2530. The van der Waals surface area contributed by atoms with E-state index in [1.54, 1.807) is 0 Å². The van der Waals surface area contributed by atoms with Gasteiger partial charge in [0.2, 0.25) is 0 Å². The number of aromatic nitrogens is 2. The second-order valence-corrected chi connectivity index (χ2v) is 13.8. The zero-order chi connectivity index (χ0) is 34.4. The van der Waals surface area contributed by atoms with E-state index in [0.717, 1.165) is 39.2 Å². The molecule has 0 radical (unpaired) electrons. The summed E-state index contributed by atoms with van der Waals surface area (Å²) in [5.74, 6) is 0.711. The van der Waals surface area contributed by atoms with E-state index in [1.807, 2.05) is 24.3 Å². The summed E-state index contributed by atoms with van der Waals surface area (Å²) >= 11 is 0. The average Bonchev–Trinajstić information content (AvgIpc) is 3.44. The van der Waals surface area contributed by atoms with E-state index in [0.29, 0.717) is 5.82 Å². The molecule has 2 nitrogen and oxygen atoms in total. The molecule has 0 fully saturated rings. The SMILES string of the molecule is CC1(C)c2ccccc2-c2c(-c3ccc(-c4cccc(-c5cc(-c6cccc(-c7ccccc7)c6)nc(-c6ccccc6)n5)c4)cc3)cccc21. The van der Waals surface area contributed by atoms with E-state index in [-0.39, 0.29) is 5.41 Å². The van der Waals surface area contributed by atoms with Crippen molar-refractivity contribution in [1.82, 2.24) is 9.97 Å². The van der Waals surface area contributed by atoms with Crippen molar-refractivity contribution < 1.29 is 0 Å². The van der Waals surface area contributed by atoms with Gasteiger partial charge in [0.05, 0.1) is 11.4 Å². The van der Waals surface area contributed by atoms with Crippen LogP contribution in [0.3, 0.4) is 0 Å². The Morgan fingerprint density at radius 2 is 0.784 bits per heavy atom. The molecule has 242 valence electrons. The standard InChI is InChI=1S/C49H36N2/c1-49(2)43-24-10-9-22-42(43)47-41(23-13-25-44(47)49)35-28-26-34(27-29-35)38-19-12-21-40(31-38)46-32-45(50-48(51-46)36-16-7-4-8-17-36)39-20-11-18-37(30-39)33-14-5-3-6-15-33/h3-32H,1-2H3. The number of hydrogen-bond donors (Lipinski definition) is 0. The molecule has 0 atom stereocenters. The minimum Gasteiger partial charge on any atom is -0.228 e. The summed E-state index contributed by atoms with van der Waals surface area (Å²) in [6.07, 6.45) is 0. The highest BCUT2D eigenvalue weighted by atomic mass is 14.9. The Hall–Kier alpha value is -6.38. The number of fused-ring (bicyclic) bond motifs is 3. The molecule has 0 bridgehead atoms. The van der Waals surface area contributed by atoms with Crippen LogP contribution in [-0.2, 0) is 5.41 Å². The zero-order valence-corrected chi connectivity index (χ0v) is 28.7. The predicted octanol–water partition coefficient (Wildman–Crippen LogP) is 12.8. The molecule has 0 N–H and O–H groups in total. The molecule has 0 saturated carbocycles. The monoisotopic (exact) mass is 652 g/mol. The van der Waals surface area contributed by atoms with Gasteiger partial charge in [0, 0.05) is 22.1 Å². The predicted molar refractivity (Wildman–Crippen MR) is 212 cm³/mol. The van der Waals surface area contributed by atoms with Crippen molar-refractivity contribution in [3.8, 4) is 78.4 Å². The van der Waals surface area contributed by atoms with E-state index in [4.69, 9.17) is 9.97 Å². The van der Waals surface area contributed by atoms with Gasteiger partial charge in [0.1, 0.15) is 0 Å². The van der Waals surface area contributed by atoms with Crippen LogP contribution in [0.15, 0.2) is 182 Å². The van der Waals surface area contributed by atoms with Gasteiger partial charge in [0.25, 0.3) is 0 Å².